The monoisotopic (exact) mass is 358 g/mol. The second-order valence-corrected chi connectivity index (χ2v) is 6.67. The maximum Gasteiger partial charge on any atom is 0.281 e. The van der Waals surface area contributed by atoms with Crippen LogP contribution in [0.15, 0.2) is 6.20 Å². The summed E-state index contributed by atoms with van der Waals surface area (Å²) in [7, 11) is 2.03. The van der Waals surface area contributed by atoms with Crippen LogP contribution in [-0.2, 0) is 9.59 Å². The van der Waals surface area contributed by atoms with Crippen LogP contribution < -0.4 is 10.2 Å². The minimum absolute atomic E-state index is 0.0172. The summed E-state index contributed by atoms with van der Waals surface area (Å²) in [5.74, 6) is -1.84. The number of nitrogens with one attached hydrogen (secondary N) is 1. The lowest BCUT2D eigenvalue weighted by atomic mass is 10.0. The molecule has 0 aliphatic carbocycles. The molecule has 3 aliphatic heterocycles. The number of carbonyl (C=O) groups excluding carboxylic acids is 4. The number of piperidine rings is 1. The highest BCUT2D eigenvalue weighted by atomic mass is 16.2. The van der Waals surface area contributed by atoms with Crippen LogP contribution in [0.4, 0.5) is 5.95 Å². The third-order valence-electron chi connectivity index (χ3n) is 4.95. The predicted molar refractivity (Wildman–Crippen MR) is 88.4 cm³/mol. The Bertz CT molecular complexity index is 817. The molecule has 4 rings (SSSR count). The molecule has 4 amide bonds. The molecule has 1 aromatic heterocycles. The number of anilines is 1. The lowest BCUT2D eigenvalue weighted by Gasteiger charge is -2.32. The molecule has 10 heteroatoms. The number of hydrogen-bond donors (Lipinski definition) is 1. The normalized spacial score (nSPS) is 24.1. The molecule has 0 bridgehead atoms. The van der Waals surface area contributed by atoms with Gasteiger partial charge in [0, 0.05) is 38.8 Å². The molecule has 1 atom stereocenters. The van der Waals surface area contributed by atoms with E-state index in [4.69, 9.17) is 0 Å². The number of hydrogen-bond acceptors (Lipinski definition) is 8. The third-order valence-corrected chi connectivity index (χ3v) is 4.95. The molecule has 4 heterocycles. The van der Waals surface area contributed by atoms with Crippen molar-refractivity contribution in [1.29, 1.82) is 0 Å². The molecule has 1 unspecified atom stereocenters. The number of nitrogens with zero attached hydrogens (tertiary/aromatic N) is 5. The number of piperazine rings is 1. The van der Waals surface area contributed by atoms with E-state index in [0.29, 0.717) is 5.95 Å². The standard InChI is InChI=1S/C16H18N6O4/c1-20-4-6-21(7-5-20)16-17-8-9-12(19-16)15(26)22(14(9)25)10-2-3-11(23)18-13(10)24/h8,10H,2-7H2,1H3,(H,18,23,24). The van der Waals surface area contributed by atoms with E-state index in [1.165, 1.54) is 6.20 Å². The second kappa shape index (κ2) is 6.13. The summed E-state index contributed by atoms with van der Waals surface area (Å²) in [4.78, 5) is 62.3. The molecular weight excluding hydrogens is 340 g/mol. The van der Waals surface area contributed by atoms with Crippen LogP contribution in [0.1, 0.15) is 33.7 Å². The van der Waals surface area contributed by atoms with Gasteiger partial charge in [0.15, 0.2) is 0 Å². The number of aromatic nitrogens is 2. The van der Waals surface area contributed by atoms with E-state index in [2.05, 4.69) is 20.2 Å². The Labute approximate surface area is 149 Å². The number of likely N-dealkylation sites (N-methyl/N-ethyl adjacent to an activating group) is 1. The molecule has 26 heavy (non-hydrogen) atoms. The van der Waals surface area contributed by atoms with Crippen LogP contribution in [0, 0.1) is 0 Å². The molecule has 3 aliphatic rings. The van der Waals surface area contributed by atoms with E-state index in [1.54, 1.807) is 0 Å². The molecule has 0 radical (unpaired) electrons. The van der Waals surface area contributed by atoms with E-state index >= 15 is 0 Å². The van der Waals surface area contributed by atoms with E-state index in [-0.39, 0.29) is 24.1 Å². The van der Waals surface area contributed by atoms with Gasteiger partial charge in [-0.2, -0.15) is 0 Å². The fraction of sp³-hybridized carbons (Fsp3) is 0.500. The fourth-order valence-electron chi connectivity index (χ4n) is 3.40. The third kappa shape index (κ3) is 2.62. The van der Waals surface area contributed by atoms with Crippen molar-refractivity contribution in [2.24, 2.45) is 0 Å². The van der Waals surface area contributed by atoms with Gasteiger partial charge in [0.25, 0.3) is 11.8 Å². The first-order valence-corrected chi connectivity index (χ1v) is 8.48. The van der Waals surface area contributed by atoms with Gasteiger partial charge >= 0.3 is 0 Å². The summed E-state index contributed by atoms with van der Waals surface area (Å²) in [5.41, 5.74) is 0.112. The first-order valence-electron chi connectivity index (χ1n) is 8.48. The van der Waals surface area contributed by atoms with Gasteiger partial charge in [-0.25, -0.2) is 9.97 Å². The maximum absolute atomic E-state index is 12.7. The Kier molecular flexibility index (Phi) is 3.91. The average Bonchev–Trinajstić information content (AvgIpc) is 2.87. The summed E-state index contributed by atoms with van der Waals surface area (Å²) >= 11 is 0. The van der Waals surface area contributed by atoms with E-state index in [0.717, 1.165) is 31.1 Å². The summed E-state index contributed by atoms with van der Waals surface area (Å²) in [5, 5.41) is 2.17. The smallest absolute Gasteiger partial charge is 0.281 e. The summed E-state index contributed by atoms with van der Waals surface area (Å²) in [6.07, 6.45) is 1.55. The largest absolute Gasteiger partial charge is 0.338 e. The Morgan fingerprint density at radius 3 is 2.50 bits per heavy atom. The number of fused-ring (bicyclic) bond motifs is 1. The molecule has 10 nitrogen and oxygen atoms in total. The zero-order valence-electron chi connectivity index (χ0n) is 14.3. The Morgan fingerprint density at radius 2 is 1.81 bits per heavy atom. The van der Waals surface area contributed by atoms with Gasteiger partial charge < -0.3 is 9.80 Å². The highest BCUT2D eigenvalue weighted by molar-refractivity contribution is 6.22. The van der Waals surface area contributed by atoms with Crippen molar-refractivity contribution in [2.45, 2.75) is 18.9 Å². The number of imide groups is 2. The van der Waals surface area contributed by atoms with Gasteiger partial charge in [-0.05, 0) is 13.5 Å². The SMILES string of the molecule is CN1CCN(c2ncc3c(n2)C(=O)N(C2CCC(=O)NC2=O)C3=O)CC1. The van der Waals surface area contributed by atoms with Crippen molar-refractivity contribution in [3.63, 3.8) is 0 Å². The van der Waals surface area contributed by atoms with Crippen LogP contribution in [-0.4, -0.2) is 82.7 Å². The molecule has 1 N–H and O–H groups in total. The Hall–Kier alpha value is -2.88. The lowest BCUT2D eigenvalue weighted by molar-refractivity contribution is -0.136. The van der Waals surface area contributed by atoms with Crippen LogP contribution in [0.25, 0.3) is 0 Å². The quantitative estimate of drug-likeness (QED) is 0.644. The van der Waals surface area contributed by atoms with E-state index < -0.39 is 29.7 Å². The van der Waals surface area contributed by atoms with Crippen molar-refractivity contribution in [2.75, 3.05) is 38.1 Å². The fourth-order valence-corrected chi connectivity index (χ4v) is 3.40. The zero-order valence-corrected chi connectivity index (χ0v) is 14.3. The van der Waals surface area contributed by atoms with Crippen LogP contribution in [0.5, 0.6) is 0 Å². The van der Waals surface area contributed by atoms with Crippen LogP contribution in [0.3, 0.4) is 0 Å². The molecule has 2 fully saturated rings. The number of rotatable bonds is 2. The van der Waals surface area contributed by atoms with Crippen molar-refractivity contribution in [3.8, 4) is 0 Å². The molecule has 0 saturated carbocycles. The average molecular weight is 358 g/mol. The summed E-state index contributed by atoms with van der Waals surface area (Å²) < 4.78 is 0. The molecule has 0 spiro atoms. The molecule has 2 saturated heterocycles. The van der Waals surface area contributed by atoms with Gasteiger partial charge in [-0.3, -0.25) is 29.4 Å². The first kappa shape index (κ1) is 16.6. The molecule has 136 valence electrons. The summed E-state index contributed by atoms with van der Waals surface area (Å²) in [6, 6.07) is -0.992. The van der Waals surface area contributed by atoms with Crippen molar-refractivity contribution >= 4 is 29.6 Å². The Balaban J connectivity index is 1.60. The van der Waals surface area contributed by atoms with Gasteiger partial charge in [0.05, 0.1) is 5.56 Å². The maximum atomic E-state index is 12.7. The van der Waals surface area contributed by atoms with Crippen molar-refractivity contribution in [1.82, 2.24) is 25.1 Å². The number of amides is 4. The molecular formula is C16H18N6O4. The van der Waals surface area contributed by atoms with Gasteiger partial charge in [-0.1, -0.05) is 0 Å². The Morgan fingerprint density at radius 1 is 1.08 bits per heavy atom. The summed E-state index contributed by atoms with van der Waals surface area (Å²) in [6.45, 7) is 3.17. The lowest BCUT2D eigenvalue weighted by Crippen LogP contribution is -2.54. The minimum Gasteiger partial charge on any atom is -0.338 e. The topological polar surface area (TPSA) is 116 Å². The minimum atomic E-state index is -0.992. The van der Waals surface area contributed by atoms with Gasteiger partial charge in [0.1, 0.15) is 11.7 Å². The predicted octanol–water partition coefficient (Wildman–Crippen LogP) is -1.37. The van der Waals surface area contributed by atoms with Crippen LogP contribution in [0.2, 0.25) is 0 Å². The van der Waals surface area contributed by atoms with E-state index in [1.807, 2.05) is 11.9 Å². The van der Waals surface area contributed by atoms with Crippen molar-refractivity contribution in [3.05, 3.63) is 17.5 Å². The highest BCUT2D eigenvalue weighted by Crippen LogP contribution is 2.27. The first-order chi connectivity index (χ1) is 12.5. The molecule has 1 aromatic rings. The van der Waals surface area contributed by atoms with Gasteiger partial charge in [-0.15, -0.1) is 0 Å². The highest BCUT2D eigenvalue weighted by Gasteiger charge is 2.46. The van der Waals surface area contributed by atoms with Crippen LogP contribution >= 0.6 is 0 Å². The van der Waals surface area contributed by atoms with Crippen molar-refractivity contribution < 1.29 is 19.2 Å². The molecule has 0 aromatic carbocycles. The van der Waals surface area contributed by atoms with E-state index in [9.17, 15) is 19.2 Å². The second-order valence-electron chi connectivity index (χ2n) is 6.67. The number of carbonyl (C=O) groups is 4. The zero-order chi connectivity index (χ0) is 18.4. The van der Waals surface area contributed by atoms with Gasteiger partial charge in [0.2, 0.25) is 17.8 Å².